The second kappa shape index (κ2) is 7.33. The van der Waals surface area contributed by atoms with E-state index >= 15 is 0 Å². The predicted octanol–water partition coefficient (Wildman–Crippen LogP) is 2.89. The first-order chi connectivity index (χ1) is 13.5. The van der Waals surface area contributed by atoms with Crippen LogP contribution in [-0.2, 0) is 9.59 Å². The number of imide groups is 1. The summed E-state index contributed by atoms with van der Waals surface area (Å²) in [6.45, 7) is 2.30. The van der Waals surface area contributed by atoms with E-state index in [-0.39, 0.29) is 42.1 Å². The zero-order chi connectivity index (χ0) is 19.8. The standard InChI is InChI=1S/C21H19ClN2O4/c1-3-7-28-19-15(22)8-12(9-16(19)27-4-2)11-23-24-20(25)17-13-5-6-14(10-13)18(17)21(24)26/h1,5-6,8-9,11,13-14,17-18H,4,7,10H2,2H3/b23-11-/t13-,14-,17-,18+/m0/s1. The molecule has 1 saturated carbocycles. The van der Waals surface area contributed by atoms with Gasteiger partial charge in [0.25, 0.3) is 11.8 Å². The first-order valence-corrected chi connectivity index (χ1v) is 9.55. The summed E-state index contributed by atoms with van der Waals surface area (Å²) in [5.41, 5.74) is 0.584. The van der Waals surface area contributed by atoms with Crippen molar-refractivity contribution < 1.29 is 19.1 Å². The largest absolute Gasteiger partial charge is 0.490 e. The number of ether oxygens (including phenoxy) is 2. The van der Waals surface area contributed by atoms with Crippen LogP contribution in [0.25, 0.3) is 0 Å². The number of terminal acetylenes is 1. The van der Waals surface area contributed by atoms with E-state index in [1.807, 2.05) is 19.1 Å². The number of hydrogen-bond donors (Lipinski definition) is 0. The number of rotatable bonds is 6. The van der Waals surface area contributed by atoms with E-state index in [0.29, 0.717) is 28.7 Å². The minimum Gasteiger partial charge on any atom is -0.490 e. The summed E-state index contributed by atoms with van der Waals surface area (Å²) < 4.78 is 11.0. The molecule has 1 saturated heterocycles. The molecule has 0 spiro atoms. The van der Waals surface area contributed by atoms with Crippen LogP contribution in [0.4, 0.5) is 0 Å². The maximum absolute atomic E-state index is 12.7. The number of allylic oxidation sites excluding steroid dienone is 2. The fourth-order valence-corrected chi connectivity index (χ4v) is 4.58. The third-order valence-electron chi connectivity index (χ3n) is 5.40. The molecule has 7 heteroatoms. The molecule has 4 atom stereocenters. The molecular weight excluding hydrogens is 380 g/mol. The summed E-state index contributed by atoms with van der Waals surface area (Å²) in [6.07, 6.45) is 11.7. The molecule has 1 heterocycles. The average Bonchev–Trinajstić information content (AvgIpc) is 3.34. The lowest BCUT2D eigenvalue weighted by atomic mass is 9.85. The quantitative estimate of drug-likeness (QED) is 0.320. The third-order valence-corrected chi connectivity index (χ3v) is 5.68. The highest BCUT2D eigenvalue weighted by Gasteiger charge is 2.59. The Morgan fingerprint density at radius 3 is 2.54 bits per heavy atom. The molecule has 1 aromatic rings. The number of amides is 2. The van der Waals surface area contributed by atoms with Gasteiger partial charge in [0.15, 0.2) is 11.5 Å². The Hall–Kier alpha value is -2.78. The molecule has 144 valence electrons. The van der Waals surface area contributed by atoms with Crippen LogP contribution in [0.5, 0.6) is 11.5 Å². The Bertz CT molecular complexity index is 903. The van der Waals surface area contributed by atoms with Crippen LogP contribution in [-0.4, -0.2) is 36.3 Å². The minimum atomic E-state index is -0.276. The molecule has 2 aliphatic carbocycles. The zero-order valence-electron chi connectivity index (χ0n) is 15.3. The molecule has 3 aliphatic rings. The lowest BCUT2D eigenvalue weighted by Gasteiger charge is -2.13. The van der Waals surface area contributed by atoms with Crippen LogP contribution < -0.4 is 9.47 Å². The number of benzene rings is 1. The van der Waals surface area contributed by atoms with Gasteiger partial charge in [-0.1, -0.05) is 29.7 Å². The lowest BCUT2D eigenvalue weighted by molar-refractivity contribution is -0.140. The van der Waals surface area contributed by atoms with Gasteiger partial charge in [0.05, 0.1) is 29.7 Å². The molecule has 2 fully saturated rings. The summed E-state index contributed by atoms with van der Waals surface area (Å²) >= 11 is 6.29. The maximum Gasteiger partial charge on any atom is 0.254 e. The van der Waals surface area contributed by atoms with E-state index in [1.165, 1.54) is 6.21 Å². The van der Waals surface area contributed by atoms with E-state index in [1.54, 1.807) is 12.1 Å². The summed E-state index contributed by atoms with van der Waals surface area (Å²) in [5, 5.41) is 5.47. The van der Waals surface area contributed by atoms with E-state index in [4.69, 9.17) is 27.5 Å². The molecule has 0 radical (unpaired) electrons. The van der Waals surface area contributed by atoms with Crippen molar-refractivity contribution in [2.24, 2.45) is 28.8 Å². The normalized spacial score (nSPS) is 27.5. The molecule has 28 heavy (non-hydrogen) atoms. The van der Waals surface area contributed by atoms with Gasteiger partial charge >= 0.3 is 0 Å². The van der Waals surface area contributed by atoms with Crippen molar-refractivity contribution in [1.29, 1.82) is 0 Å². The van der Waals surface area contributed by atoms with E-state index in [2.05, 4.69) is 11.0 Å². The number of hydrazone groups is 1. The molecule has 2 amide bonds. The number of nitrogens with zero attached hydrogens (tertiary/aromatic N) is 2. The van der Waals surface area contributed by atoms with Gasteiger partial charge in [-0.25, -0.2) is 0 Å². The summed E-state index contributed by atoms with van der Waals surface area (Å²) in [6, 6.07) is 3.30. The molecule has 0 unspecified atom stereocenters. The minimum absolute atomic E-state index is 0.0587. The second-order valence-corrected chi connectivity index (χ2v) is 7.40. The van der Waals surface area contributed by atoms with Gasteiger partial charge in [0, 0.05) is 0 Å². The Morgan fingerprint density at radius 1 is 1.25 bits per heavy atom. The van der Waals surface area contributed by atoms with Crippen molar-refractivity contribution in [3.05, 3.63) is 34.9 Å². The third kappa shape index (κ3) is 2.96. The average molecular weight is 399 g/mol. The topological polar surface area (TPSA) is 68.2 Å². The fourth-order valence-electron chi connectivity index (χ4n) is 4.30. The first-order valence-electron chi connectivity index (χ1n) is 9.17. The monoisotopic (exact) mass is 398 g/mol. The first kappa shape index (κ1) is 18.6. The second-order valence-electron chi connectivity index (χ2n) is 6.99. The van der Waals surface area contributed by atoms with Gasteiger partial charge in [0.1, 0.15) is 6.61 Å². The van der Waals surface area contributed by atoms with Crippen LogP contribution in [0, 0.1) is 36.0 Å². The number of halogens is 1. The molecule has 6 nitrogen and oxygen atoms in total. The highest BCUT2D eigenvalue weighted by atomic mass is 35.5. The molecule has 2 bridgehead atoms. The van der Waals surface area contributed by atoms with Crippen LogP contribution in [0.3, 0.4) is 0 Å². The molecular formula is C21H19ClN2O4. The van der Waals surface area contributed by atoms with Crippen LogP contribution >= 0.6 is 11.6 Å². The molecule has 0 N–H and O–H groups in total. The van der Waals surface area contributed by atoms with Crippen LogP contribution in [0.1, 0.15) is 18.9 Å². The van der Waals surface area contributed by atoms with E-state index in [9.17, 15) is 9.59 Å². The van der Waals surface area contributed by atoms with E-state index < -0.39 is 0 Å². The molecule has 1 aliphatic heterocycles. The summed E-state index contributed by atoms with van der Waals surface area (Å²) in [7, 11) is 0. The van der Waals surface area contributed by atoms with Gasteiger partial charge in [-0.05, 0) is 42.9 Å². The van der Waals surface area contributed by atoms with Gasteiger partial charge in [-0.2, -0.15) is 10.1 Å². The van der Waals surface area contributed by atoms with Gasteiger partial charge in [0.2, 0.25) is 0 Å². The SMILES string of the molecule is C#CCOc1c(Cl)cc(/C=N\N2C(=O)[C@@H]3[C@H](C2=O)[C@H]2C=C[C@H]3C2)cc1OCC. The van der Waals surface area contributed by atoms with Crippen molar-refractivity contribution in [2.45, 2.75) is 13.3 Å². The number of carbonyl (C=O) groups excluding carboxylic acids is 2. The maximum atomic E-state index is 12.7. The smallest absolute Gasteiger partial charge is 0.254 e. The Labute approximate surface area is 168 Å². The van der Waals surface area contributed by atoms with Crippen molar-refractivity contribution in [1.82, 2.24) is 5.01 Å². The Kier molecular flexibility index (Phi) is 4.86. The Morgan fingerprint density at radius 2 is 1.93 bits per heavy atom. The molecule has 0 aromatic heterocycles. The summed E-state index contributed by atoms with van der Waals surface area (Å²) in [5.74, 6) is 2.45. The van der Waals surface area contributed by atoms with Gasteiger partial charge in [-0.3, -0.25) is 9.59 Å². The molecule has 4 rings (SSSR count). The highest BCUT2D eigenvalue weighted by Crippen LogP contribution is 2.52. The number of carbonyl (C=O) groups is 2. The lowest BCUT2D eigenvalue weighted by Crippen LogP contribution is -2.28. The van der Waals surface area contributed by atoms with E-state index in [0.717, 1.165) is 11.4 Å². The van der Waals surface area contributed by atoms with Crippen LogP contribution in [0.15, 0.2) is 29.4 Å². The highest BCUT2D eigenvalue weighted by molar-refractivity contribution is 6.32. The number of fused-ring (bicyclic) bond motifs is 5. The Balaban J connectivity index is 1.57. The van der Waals surface area contributed by atoms with Crippen molar-refractivity contribution in [2.75, 3.05) is 13.2 Å². The molecule has 1 aromatic carbocycles. The van der Waals surface area contributed by atoms with Crippen molar-refractivity contribution >= 4 is 29.6 Å². The summed E-state index contributed by atoms with van der Waals surface area (Å²) in [4.78, 5) is 25.4. The van der Waals surface area contributed by atoms with Crippen molar-refractivity contribution in [3.8, 4) is 23.8 Å². The fraction of sp³-hybridized carbons (Fsp3) is 0.381. The number of hydrogen-bond acceptors (Lipinski definition) is 5. The van der Waals surface area contributed by atoms with Gasteiger partial charge in [-0.15, -0.1) is 6.42 Å². The predicted molar refractivity (Wildman–Crippen MR) is 104 cm³/mol. The zero-order valence-corrected chi connectivity index (χ0v) is 16.1. The van der Waals surface area contributed by atoms with Crippen LogP contribution in [0.2, 0.25) is 5.02 Å². The van der Waals surface area contributed by atoms with Crippen molar-refractivity contribution in [3.63, 3.8) is 0 Å². The van der Waals surface area contributed by atoms with Gasteiger partial charge < -0.3 is 9.47 Å².